The van der Waals surface area contributed by atoms with Gasteiger partial charge in [0.05, 0.1) is 0 Å². The maximum atomic E-state index is 13.3. The van der Waals surface area contributed by atoms with Crippen LogP contribution in [-0.2, 0) is 0 Å². The van der Waals surface area contributed by atoms with Gasteiger partial charge in [-0.05, 0) is 35.4 Å². The minimum absolute atomic E-state index is 0.273. The number of rotatable bonds is 2. The van der Waals surface area contributed by atoms with Gasteiger partial charge < -0.3 is 4.98 Å². The SMILES string of the molecule is O=c1c(-c2cccc(F)c2)c[nH]cc1-c1cccc(F)c1. The molecular weight excluding hydrogens is 272 g/mol. The number of pyridine rings is 1. The van der Waals surface area contributed by atoms with Gasteiger partial charge in [-0.2, -0.15) is 0 Å². The van der Waals surface area contributed by atoms with Gasteiger partial charge in [-0.15, -0.1) is 0 Å². The first-order valence-electron chi connectivity index (χ1n) is 6.38. The van der Waals surface area contributed by atoms with E-state index in [1.807, 2.05) is 0 Å². The molecule has 2 aromatic carbocycles. The summed E-state index contributed by atoms with van der Waals surface area (Å²) in [7, 11) is 0. The highest BCUT2D eigenvalue weighted by Crippen LogP contribution is 2.21. The molecule has 1 N–H and O–H groups in total. The van der Waals surface area contributed by atoms with E-state index in [1.165, 1.54) is 36.7 Å². The standard InChI is InChI=1S/C17H11F2NO/c18-13-5-1-3-11(7-13)15-9-20-10-16(17(15)21)12-4-2-6-14(19)8-12/h1-10H,(H,20,21). The van der Waals surface area contributed by atoms with Crippen LogP contribution in [0.15, 0.2) is 65.7 Å². The van der Waals surface area contributed by atoms with Crippen molar-refractivity contribution in [2.24, 2.45) is 0 Å². The first-order valence-corrected chi connectivity index (χ1v) is 6.38. The van der Waals surface area contributed by atoms with E-state index in [-0.39, 0.29) is 5.43 Å². The fourth-order valence-electron chi connectivity index (χ4n) is 2.23. The molecule has 0 saturated heterocycles. The summed E-state index contributed by atoms with van der Waals surface area (Å²) < 4.78 is 26.6. The lowest BCUT2D eigenvalue weighted by atomic mass is 10.0. The van der Waals surface area contributed by atoms with Crippen molar-refractivity contribution in [2.75, 3.05) is 0 Å². The van der Waals surface area contributed by atoms with Crippen molar-refractivity contribution in [2.45, 2.75) is 0 Å². The molecule has 2 nitrogen and oxygen atoms in total. The summed E-state index contributed by atoms with van der Waals surface area (Å²) in [4.78, 5) is 15.4. The number of hydrogen-bond donors (Lipinski definition) is 1. The maximum Gasteiger partial charge on any atom is 0.197 e. The van der Waals surface area contributed by atoms with Gasteiger partial charge in [-0.3, -0.25) is 4.79 Å². The van der Waals surface area contributed by atoms with Crippen molar-refractivity contribution >= 4 is 0 Å². The Balaban J connectivity index is 2.18. The Morgan fingerprint density at radius 3 is 1.67 bits per heavy atom. The molecule has 3 rings (SSSR count). The monoisotopic (exact) mass is 283 g/mol. The molecule has 0 amide bonds. The van der Waals surface area contributed by atoms with Gasteiger partial charge >= 0.3 is 0 Å². The van der Waals surface area contributed by atoms with Gasteiger partial charge in [-0.1, -0.05) is 24.3 Å². The molecule has 0 aliphatic heterocycles. The summed E-state index contributed by atoms with van der Waals surface area (Å²) in [6.45, 7) is 0. The summed E-state index contributed by atoms with van der Waals surface area (Å²) >= 11 is 0. The number of nitrogens with one attached hydrogen (secondary N) is 1. The third-order valence-corrected chi connectivity index (χ3v) is 3.22. The number of H-pyrrole nitrogens is 1. The largest absolute Gasteiger partial charge is 0.366 e. The van der Waals surface area contributed by atoms with E-state index in [4.69, 9.17) is 0 Å². The van der Waals surface area contributed by atoms with Crippen LogP contribution in [0.4, 0.5) is 8.78 Å². The molecule has 0 unspecified atom stereocenters. The van der Waals surface area contributed by atoms with Gasteiger partial charge in [0.2, 0.25) is 0 Å². The zero-order chi connectivity index (χ0) is 14.8. The number of aromatic amines is 1. The molecule has 0 fully saturated rings. The molecule has 3 aromatic rings. The molecule has 0 aliphatic rings. The Morgan fingerprint density at radius 2 is 1.24 bits per heavy atom. The van der Waals surface area contributed by atoms with E-state index in [1.54, 1.807) is 24.3 Å². The number of benzene rings is 2. The van der Waals surface area contributed by atoms with Crippen molar-refractivity contribution in [3.8, 4) is 22.3 Å². The molecule has 0 radical (unpaired) electrons. The second kappa shape index (κ2) is 5.32. The van der Waals surface area contributed by atoms with Crippen LogP contribution in [0.25, 0.3) is 22.3 Å². The molecule has 0 atom stereocenters. The molecule has 21 heavy (non-hydrogen) atoms. The normalized spacial score (nSPS) is 10.6. The Bertz CT molecular complexity index is 788. The van der Waals surface area contributed by atoms with Crippen LogP contribution in [0.1, 0.15) is 0 Å². The van der Waals surface area contributed by atoms with Gasteiger partial charge in [0, 0.05) is 23.5 Å². The summed E-state index contributed by atoms with van der Waals surface area (Å²) in [5.41, 5.74) is 1.38. The predicted molar refractivity (Wildman–Crippen MR) is 77.9 cm³/mol. The first-order chi connectivity index (χ1) is 10.1. The predicted octanol–water partition coefficient (Wildman–Crippen LogP) is 3.99. The molecule has 0 aliphatic carbocycles. The molecule has 1 heterocycles. The van der Waals surface area contributed by atoms with Crippen LogP contribution in [0.2, 0.25) is 0 Å². The van der Waals surface area contributed by atoms with Crippen LogP contribution in [0, 0.1) is 11.6 Å². The fourth-order valence-corrected chi connectivity index (χ4v) is 2.23. The average molecular weight is 283 g/mol. The van der Waals surface area contributed by atoms with Crippen molar-refractivity contribution in [1.82, 2.24) is 4.98 Å². The average Bonchev–Trinajstić information content (AvgIpc) is 2.47. The third kappa shape index (κ3) is 2.60. The van der Waals surface area contributed by atoms with Crippen molar-refractivity contribution < 1.29 is 8.78 Å². The molecule has 0 saturated carbocycles. The van der Waals surface area contributed by atoms with Crippen LogP contribution in [0.3, 0.4) is 0 Å². The van der Waals surface area contributed by atoms with Gasteiger partial charge in [0.15, 0.2) is 5.43 Å². The highest BCUT2D eigenvalue weighted by Gasteiger charge is 2.10. The summed E-state index contributed by atoms with van der Waals surface area (Å²) in [6, 6.07) is 11.6. The highest BCUT2D eigenvalue weighted by molar-refractivity contribution is 5.71. The third-order valence-electron chi connectivity index (χ3n) is 3.22. The quantitative estimate of drug-likeness (QED) is 0.758. The topological polar surface area (TPSA) is 32.9 Å². The molecule has 0 spiro atoms. The summed E-state index contributed by atoms with van der Waals surface area (Å²) in [5, 5.41) is 0. The smallest absolute Gasteiger partial charge is 0.197 e. The lowest BCUT2D eigenvalue weighted by molar-refractivity contribution is 0.628. The van der Waals surface area contributed by atoms with E-state index in [0.717, 1.165) is 0 Å². The first kappa shape index (κ1) is 13.2. The maximum absolute atomic E-state index is 13.3. The van der Waals surface area contributed by atoms with Crippen LogP contribution < -0.4 is 5.43 Å². The second-order valence-corrected chi connectivity index (χ2v) is 4.63. The van der Waals surface area contributed by atoms with Crippen LogP contribution >= 0.6 is 0 Å². The summed E-state index contributed by atoms with van der Waals surface area (Å²) in [6.07, 6.45) is 3.03. The molecule has 104 valence electrons. The van der Waals surface area contributed by atoms with Crippen molar-refractivity contribution in [3.05, 3.63) is 82.8 Å². The minimum atomic E-state index is -0.414. The van der Waals surface area contributed by atoms with Crippen molar-refractivity contribution in [3.63, 3.8) is 0 Å². The van der Waals surface area contributed by atoms with E-state index in [2.05, 4.69) is 4.98 Å². The van der Waals surface area contributed by atoms with Crippen molar-refractivity contribution in [1.29, 1.82) is 0 Å². The number of aromatic nitrogens is 1. The number of hydrogen-bond acceptors (Lipinski definition) is 1. The molecular formula is C17H11F2NO. The molecule has 0 bridgehead atoms. The van der Waals surface area contributed by atoms with Crippen LogP contribution in [-0.4, -0.2) is 4.98 Å². The van der Waals surface area contributed by atoms with Crippen LogP contribution in [0.5, 0.6) is 0 Å². The zero-order valence-electron chi connectivity index (χ0n) is 10.9. The van der Waals surface area contributed by atoms with Gasteiger partial charge in [0.1, 0.15) is 11.6 Å². The minimum Gasteiger partial charge on any atom is -0.366 e. The van der Waals surface area contributed by atoms with Gasteiger partial charge in [0.25, 0.3) is 0 Å². The Kier molecular flexibility index (Phi) is 3.36. The molecule has 1 aromatic heterocycles. The Labute approximate surface area is 119 Å². The van der Waals surface area contributed by atoms with E-state index < -0.39 is 11.6 Å². The Hall–Kier alpha value is -2.75. The second-order valence-electron chi connectivity index (χ2n) is 4.63. The molecule has 4 heteroatoms. The van der Waals surface area contributed by atoms with E-state index in [9.17, 15) is 13.6 Å². The fraction of sp³-hybridized carbons (Fsp3) is 0. The zero-order valence-corrected chi connectivity index (χ0v) is 10.9. The lowest BCUT2D eigenvalue weighted by Crippen LogP contribution is -2.08. The van der Waals surface area contributed by atoms with Gasteiger partial charge in [-0.25, -0.2) is 8.78 Å². The van der Waals surface area contributed by atoms with E-state index in [0.29, 0.717) is 22.3 Å². The van der Waals surface area contributed by atoms with E-state index >= 15 is 0 Å². The Morgan fingerprint density at radius 1 is 0.762 bits per heavy atom. The summed E-state index contributed by atoms with van der Waals surface area (Å²) in [5.74, 6) is -0.828. The number of halogens is 2. The lowest BCUT2D eigenvalue weighted by Gasteiger charge is -2.05. The highest BCUT2D eigenvalue weighted by atomic mass is 19.1.